The van der Waals surface area contributed by atoms with E-state index in [1.54, 1.807) is 12.1 Å². The third kappa shape index (κ3) is 4.35. The van der Waals surface area contributed by atoms with E-state index in [-0.39, 0.29) is 5.91 Å². The number of oxazole rings is 1. The quantitative estimate of drug-likeness (QED) is 0.373. The second kappa shape index (κ2) is 8.82. The number of hydrogen-bond acceptors (Lipinski definition) is 4. The number of anilines is 1. The monoisotopic (exact) mass is 400 g/mol. The number of hydrogen-bond donors (Lipinski definition) is 1. The molecule has 0 aliphatic heterocycles. The molecule has 0 atom stereocenters. The maximum Gasteiger partial charge on any atom is 0.255 e. The SMILES string of the molecule is CCCCOc1ccc(C(=O)Nc2ccc3oc(-c4ccccc4C)nc3c2)cc1. The van der Waals surface area contributed by atoms with Crippen molar-refractivity contribution in [3.05, 3.63) is 77.9 Å². The van der Waals surface area contributed by atoms with E-state index in [1.807, 2.05) is 61.5 Å². The number of benzene rings is 3. The molecule has 0 spiro atoms. The summed E-state index contributed by atoms with van der Waals surface area (Å²) in [5, 5.41) is 2.92. The minimum absolute atomic E-state index is 0.183. The lowest BCUT2D eigenvalue weighted by Gasteiger charge is -2.07. The molecule has 0 aliphatic carbocycles. The molecule has 4 aromatic rings. The first kappa shape index (κ1) is 19.7. The maximum atomic E-state index is 12.6. The fourth-order valence-corrected chi connectivity index (χ4v) is 3.17. The second-order valence-corrected chi connectivity index (χ2v) is 7.20. The van der Waals surface area contributed by atoms with Crippen LogP contribution in [-0.4, -0.2) is 17.5 Å². The molecule has 4 rings (SSSR count). The zero-order chi connectivity index (χ0) is 20.9. The van der Waals surface area contributed by atoms with E-state index in [4.69, 9.17) is 9.15 Å². The van der Waals surface area contributed by atoms with Gasteiger partial charge in [-0.2, -0.15) is 0 Å². The molecule has 1 N–H and O–H groups in total. The Balaban J connectivity index is 1.48. The van der Waals surface area contributed by atoms with Crippen molar-refractivity contribution >= 4 is 22.7 Å². The maximum absolute atomic E-state index is 12.6. The van der Waals surface area contributed by atoms with Crippen LogP contribution in [-0.2, 0) is 0 Å². The highest BCUT2D eigenvalue weighted by Gasteiger charge is 2.12. The molecule has 3 aromatic carbocycles. The van der Waals surface area contributed by atoms with Gasteiger partial charge >= 0.3 is 0 Å². The van der Waals surface area contributed by atoms with Gasteiger partial charge in [0.25, 0.3) is 5.91 Å². The molecule has 0 aliphatic rings. The molecule has 1 heterocycles. The van der Waals surface area contributed by atoms with E-state index in [2.05, 4.69) is 17.2 Å². The molecule has 1 amide bonds. The Hall–Kier alpha value is -3.60. The summed E-state index contributed by atoms with van der Waals surface area (Å²) in [4.78, 5) is 17.2. The Morgan fingerprint density at radius 2 is 1.87 bits per heavy atom. The van der Waals surface area contributed by atoms with Crippen molar-refractivity contribution in [2.75, 3.05) is 11.9 Å². The van der Waals surface area contributed by atoms with Crippen LogP contribution in [0.1, 0.15) is 35.7 Å². The molecule has 0 radical (unpaired) electrons. The van der Waals surface area contributed by atoms with E-state index in [0.717, 1.165) is 29.7 Å². The molecule has 0 saturated heterocycles. The predicted octanol–water partition coefficient (Wildman–Crippen LogP) is 6.23. The normalized spacial score (nSPS) is 10.9. The van der Waals surface area contributed by atoms with Crippen molar-refractivity contribution in [3.63, 3.8) is 0 Å². The highest BCUT2D eigenvalue weighted by Crippen LogP contribution is 2.28. The first-order valence-electron chi connectivity index (χ1n) is 10.1. The Kier molecular flexibility index (Phi) is 5.80. The molecule has 5 nitrogen and oxygen atoms in total. The Labute approximate surface area is 175 Å². The number of nitrogens with zero attached hydrogens (tertiary/aromatic N) is 1. The van der Waals surface area contributed by atoms with Gasteiger partial charge in [-0.3, -0.25) is 4.79 Å². The van der Waals surface area contributed by atoms with Crippen molar-refractivity contribution in [1.82, 2.24) is 4.98 Å². The Morgan fingerprint density at radius 3 is 2.63 bits per heavy atom. The smallest absolute Gasteiger partial charge is 0.255 e. The van der Waals surface area contributed by atoms with Gasteiger partial charge in [-0.1, -0.05) is 31.5 Å². The summed E-state index contributed by atoms with van der Waals surface area (Å²) < 4.78 is 11.5. The zero-order valence-corrected chi connectivity index (χ0v) is 17.1. The summed E-state index contributed by atoms with van der Waals surface area (Å²) in [6, 6.07) is 20.6. The van der Waals surface area contributed by atoms with Crippen LogP contribution in [0.15, 0.2) is 71.1 Å². The van der Waals surface area contributed by atoms with Gasteiger partial charge in [0, 0.05) is 16.8 Å². The van der Waals surface area contributed by atoms with Crippen LogP contribution in [0.4, 0.5) is 5.69 Å². The third-order valence-corrected chi connectivity index (χ3v) is 4.90. The van der Waals surface area contributed by atoms with E-state index < -0.39 is 0 Å². The summed E-state index contributed by atoms with van der Waals surface area (Å²) in [6.07, 6.45) is 2.10. The van der Waals surface area contributed by atoms with Crippen molar-refractivity contribution in [2.24, 2.45) is 0 Å². The molecule has 30 heavy (non-hydrogen) atoms. The number of carbonyl (C=O) groups excluding carboxylic acids is 1. The third-order valence-electron chi connectivity index (χ3n) is 4.90. The van der Waals surface area contributed by atoms with Crippen LogP contribution in [0.3, 0.4) is 0 Å². The van der Waals surface area contributed by atoms with Crippen molar-refractivity contribution in [3.8, 4) is 17.2 Å². The van der Waals surface area contributed by atoms with Crippen molar-refractivity contribution in [1.29, 1.82) is 0 Å². The number of unbranched alkanes of at least 4 members (excludes halogenated alkanes) is 1. The van der Waals surface area contributed by atoms with Crippen LogP contribution < -0.4 is 10.1 Å². The number of fused-ring (bicyclic) bond motifs is 1. The number of aromatic nitrogens is 1. The largest absolute Gasteiger partial charge is 0.494 e. The van der Waals surface area contributed by atoms with Gasteiger partial charge in [0.05, 0.1) is 6.61 Å². The van der Waals surface area contributed by atoms with Crippen LogP contribution in [0, 0.1) is 6.92 Å². The average molecular weight is 400 g/mol. The van der Waals surface area contributed by atoms with Gasteiger partial charge in [-0.05, 0) is 67.4 Å². The zero-order valence-electron chi connectivity index (χ0n) is 17.1. The van der Waals surface area contributed by atoms with E-state index in [9.17, 15) is 4.79 Å². The Morgan fingerprint density at radius 1 is 1.07 bits per heavy atom. The molecular weight excluding hydrogens is 376 g/mol. The fraction of sp³-hybridized carbons (Fsp3) is 0.200. The lowest BCUT2D eigenvalue weighted by molar-refractivity contribution is 0.102. The number of carbonyl (C=O) groups is 1. The van der Waals surface area contributed by atoms with Crippen molar-refractivity contribution in [2.45, 2.75) is 26.7 Å². The standard InChI is InChI=1S/C25H24N2O3/c1-3-4-15-29-20-12-9-18(10-13-20)24(28)26-19-11-14-23-22(16-19)27-25(30-23)21-8-6-5-7-17(21)2/h5-14,16H,3-4,15H2,1-2H3,(H,26,28). The molecule has 0 unspecified atom stereocenters. The Bertz CT molecular complexity index is 1160. The molecule has 152 valence electrons. The highest BCUT2D eigenvalue weighted by atomic mass is 16.5. The van der Waals surface area contributed by atoms with Crippen LogP contribution in [0.25, 0.3) is 22.6 Å². The molecule has 5 heteroatoms. The van der Waals surface area contributed by atoms with Gasteiger partial charge < -0.3 is 14.5 Å². The van der Waals surface area contributed by atoms with E-state index in [0.29, 0.717) is 34.8 Å². The number of amides is 1. The van der Waals surface area contributed by atoms with Gasteiger partial charge in [-0.25, -0.2) is 4.98 Å². The summed E-state index contributed by atoms with van der Waals surface area (Å²) >= 11 is 0. The van der Waals surface area contributed by atoms with Crippen molar-refractivity contribution < 1.29 is 13.9 Å². The van der Waals surface area contributed by atoms with Crippen LogP contribution in [0.5, 0.6) is 5.75 Å². The summed E-state index contributed by atoms with van der Waals surface area (Å²) in [5.74, 6) is 1.16. The van der Waals surface area contributed by atoms with Gasteiger partial charge in [-0.15, -0.1) is 0 Å². The lowest BCUT2D eigenvalue weighted by atomic mass is 10.1. The molecule has 0 saturated carbocycles. The van der Waals surface area contributed by atoms with Crippen LogP contribution in [0.2, 0.25) is 0 Å². The van der Waals surface area contributed by atoms with E-state index >= 15 is 0 Å². The first-order valence-corrected chi connectivity index (χ1v) is 10.1. The lowest BCUT2D eigenvalue weighted by Crippen LogP contribution is -2.11. The highest BCUT2D eigenvalue weighted by molar-refractivity contribution is 6.05. The minimum atomic E-state index is -0.183. The van der Waals surface area contributed by atoms with Gasteiger partial charge in [0.2, 0.25) is 5.89 Å². The average Bonchev–Trinajstić information content (AvgIpc) is 3.18. The molecule has 1 aromatic heterocycles. The summed E-state index contributed by atoms with van der Waals surface area (Å²) in [6.45, 7) is 4.83. The summed E-state index contributed by atoms with van der Waals surface area (Å²) in [5.41, 5.74) is 4.67. The number of ether oxygens (including phenoxy) is 1. The number of rotatable bonds is 7. The fourth-order valence-electron chi connectivity index (χ4n) is 3.17. The molecule has 0 fully saturated rings. The second-order valence-electron chi connectivity index (χ2n) is 7.20. The summed E-state index contributed by atoms with van der Waals surface area (Å²) in [7, 11) is 0. The predicted molar refractivity (Wildman–Crippen MR) is 119 cm³/mol. The molecule has 0 bridgehead atoms. The first-order chi connectivity index (χ1) is 14.6. The molecular formula is C25H24N2O3. The topological polar surface area (TPSA) is 64.4 Å². The van der Waals surface area contributed by atoms with Crippen LogP contribution >= 0.6 is 0 Å². The van der Waals surface area contributed by atoms with Gasteiger partial charge in [0.1, 0.15) is 11.3 Å². The van der Waals surface area contributed by atoms with E-state index in [1.165, 1.54) is 0 Å². The minimum Gasteiger partial charge on any atom is -0.494 e. The number of aryl methyl sites for hydroxylation is 1. The number of nitrogens with one attached hydrogen (secondary N) is 1. The van der Waals surface area contributed by atoms with Gasteiger partial charge in [0.15, 0.2) is 5.58 Å².